The Morgan fingerprint density at radius 3 is 2.67 bits per heavy atom. The second-order valence-corrected chi connectivity index (χ2v) is 2.97. The first-order valence-corrected chi connectivity index (χ1v) is 4.39. The van der Waals surface area contributed by atoms with Crippen LogP contribution in [0, 0.1) is 0 Å². The molecule has 70 valence electrons. The molecule has 0 aliphatic rings. The number of ketones is 1. The summed E-state index contributed by atoms with van der Waals surface area (Å²) in [4.78, 5) is 10.6. The summed E-state index contributed by atoms with van der Waals surface area (Å²) in [6, 6.07) is 0. The van der Waals surface area contributed by atoms with Crippen molar-refractivity contribution in [2.75, 3.05) is 0 Å². The number of nitrogens with two attached hydrogens (primary N) is 1. The molecular formula is C8H16NO2P. The zero-order valence-electron chi connectivity index (χ0n) is 7.54. The maximum atomic E-state index is 10.6. The standard InChI is InChI=1S/C8H16NO2P/c1-3-8(11-12)5-7(9)4-6(2)10/h4,8H,3,5,9,12H2,1-2H3/b7-4-/t8-/m1/s1. The maximum absolute atomic E-state index is 10.6. The number of allylic oxidation sites excluding steroid dienone is 1. The van der Waals surface area contributed by atoms with Crippen LogP contribution in [0.25, 0.3) is 0 Å². The van der Waals surface area contributed by atoms with E-state index in [0.717, 1.165) is 6.42 Å². The zero-order chi connectivity index (χ0) is 9.56. The van der Waals surface area contributed by atoms with Gasteiger partial charge in [0.1, 0.15) is 0 Å². The topological polar surface area (TPSA) is 52.3 Å². The molecule has 0 aliphatic carbocycles. The van der Waals surface area contributed by atoms with E-state index in [4.69, 9.17) is 10.3 Å². The van der Waals surface area contributed by atoms with Crippen LogP contribution in [0.5, 0.6) is 0 Å². The second-order valence-electron chi connectivity index (χ2n) is 2.70. The third-order valence-electron chi connectivity index (χ3n) is 1.50. The Morgan fingerprint density at radius 2 is 2.33 bits per heavy atom. The molecule has 0 rings (SSSR count). The first-order valence-electron chi connectivity index (χ1n) is 3.92. The molecule has 0 saturated carbocycles. The highest BCUT2D eigenvalue weighted by atomic mass is 31.0. The van der Waals surface area contributed by atoms with Gasteiger partial charge in [-0.05, 0) is 19.4 Å². The lowest BCUT2D eigenvalue weighted by Gasteiger charge is -2.11. The number of carbonyl (C=O) groups is 1. The van der Waals surface area contributed by atoms with Crippen LogP contribution in [0.1, 0.15) is 26.7 Å². The Hall–Kier alpha value is -0.400. The van der Waals surface area contributed by atoms with Gasteiger partial charge < -0.3 is 10.3 Å². The van der Waals surface area contributed by atoms with Gasteiger partial charge in [0.05, 0.1) is 6.10 Å². The largest absolute Gasteiger partial charge is 0.402 e. The molecule has 0 radical (unpaired) electrons. The van der Waals surface area contributed by atoms with Gasteiger partial charge in [-0.15, -0.1) is 0 Å². The van der Waals surface area contributed by atoms with Gasteiger partial charge in [0.15, 0.2) is 5.78 Å². The van der Waals surface area contributed by atoms with Crippen LogP contribution in [0.3, 0.4) is 0 Å². The van der Waals surface area contributed by atoms with Gasteiger partial charge in [-0.1, -0.05) is 6.92 Å². The highest BCUT2D eigenvalue weighted by Crippen LogP contribution is 2.10. The van der Waals surface area contributed by atoms with Gasteiger partial charge in [0, 0.05) is 21.6 Å². The minimum absolute atomic E-state index is 0.0221. The van der Waals surface area contributed by atoms with Gasteiger partial charge in [-0.25, -0.2) is 0 Å². The Morgan fingerprint density at radius 1 is 1.75 bits per heavy atom. The monoisotopic (exact) mass is 189 g/mol. The van der Waals surface area contributed by atoms with Crippen molar-refractivity contribution in [3.63, 3.8) is 0 Å². The van der Waals surface area contributed by atoms with Gasteiger partial charge in [0.25, 0.3) is 0 Å². The summed E-state index contributed by atoms with van der Waals surface area (Å²) in [5.74, 6) is -0.0221. The van der Waals surface area contributed by atoms with Crippen LogP contribution in [0.4, 0.5) is 0 Å². The predicted octanol–water partition coefficient (Wildman–Crippen LogP) is 1.39. The van der Waals surface area contributed by atoms with Crippen LogP contribution < -0.4 is 5.73 Å². The lowest BCUT2D eigenvalue weighted by atomic mass is 10.1. The smallest absolute Gasteiger partial charge is 0.154 e. The molecular weight excluding hydrogens is 173 g/mol. The van der Waals surface area contributed by atoms with E-state index in [0.29, 0.717) is 12.1 Å². The third-order valence-corrected chi connectivity index (χ3v) is 1.88. The summed E-state index contributed by atoms with van der Waals surface area (Å²) in [5.41, 5.74) is 6.16. The van der Waals surface area contributed by atoms with Crippen molar-refractivity contribution in [2.24, 2.45) is 5.73 Å². The predicted molar refractivity (Wildman–Crippen MR) is 52.4 cm³/mol. The Balaban J connectivity index is 3.97. The Labute approximate surface area is 75.6 Å². The van der Waals surface area contributed by atoms with Gasteiger partial charge in [0.2, 0.25) is 0 Å². The Kier molecular flexibility index (Phi) is 5.95. The lowest BCUT2D eigenvalue weighted by Crippen LogP contribution is -2.12. The van der Waals surface area contributed by atoms with E-state index in [-0.39, 0.29) is 11.9 Å². The van der Waals surface area contributed by atoms with Crippen molar-refractivity contribution in [3.8, 4) is 0 Å². The first-order chi connectivity index (χ1) is 5.60. The van der Waals surface area contributed by atoms with E-state index in [1.807, 2.05) is 6.92 Å². The summed E-state index contributed by atoms with van der Waals surface area (Å²) < 4.78 is 5.04. The molecule has 4 heteroatoms. The molecule has 2 N–H and O–H groups in total. The maximum Gasteiger partial charge on any atom is 0.154 e. The molecule has 0 aromatic carbocycles. The summed E-state index contributed by atoms with van der Waals surface area (Å²) in [5, 5.41) is 0. The quantitative estimate of drug-likeness (QED) is 0.525. The average Bonchev–Trinajstić information content (AvgIpc) is 1.98. The van der Waals surface area contributed by atoms with E-state index in [2.05, 4.69) is 9.47 Å². The van der Waals surface area contributed by atoms with Crippen LogP contribution in [-0.2, 0) is 9.32 Å². The van der Waals surface area contributed by atoms with Crippen LogP contribution in [0.15, 0.2) is 11.8 Å². The number of rotatable bonds is 5. The van der Waals surface area contributed by atoms with E-state index >= 15 is 0 Å². The minimum Gasteiger partial charge on any atom is -0.402 e. The molecule has 0 heterocycles. The SMILES string of the molecule is CC[C@H](C/C(N)=C/C(C)=O)OP. The zero-order valence-corrected chi connectivity index (χ0v) is 8.69. The lowest BCUT2D eigenvalue weighted by molar-refractivity contribution is -0.112. The molecule has 3 nitrogen and oxygen atoms in total. The fourth-order valence-corrected chi connectivity index (χ4v) is 1.16. The van der Waals surface area contributed by atoms with Crippen LogP contribution >= 0.6 is 9.47 Å². The molecule has 0 aliphatic heterocycles. The van der Waals surface area contributed by atoms with E-state index in [1.54, 1.807) is 0 Å². The fraction of sp³-hybridized carbons (Fsp3) is 0.625. The number of hydrogen-bond acceptors (Lipinski definition) is 3. The van der Waals surface area contributed by atoms with E-state index < -0.39 is 0 Å². The van der Waals surface area contributed by atoms with Gasteiger partial charge in [-0.3, -0.25) is 4.79 Å². The summed E-state index contributed by atoms with van der Waals surface area (Å²) in [6.45, 7) is 3.49. The molecule has 0 fully saturated rings. The number of carbonyl (C=O) groups excluding carboxylic acids is 1. The highest BCUT2D eigenvalue weighted by Gasteiger charge is 2.05. The molecule has 0 aromatic heterocycles. The minimum atomic E-state index is -0.0221. The average molecular weight is 189 g/mol. The normalized spacial score (nSPS) is 14.4. The summed E-state index contributed by atoms with van der Waals surface area (Å²) >= 11 is 0. The third kappa shape index (κ3) is 5.28. The van der Waals surface area contributed by atoms with Gasteiger partial charge >= 0.3 is 0 Å². The van der Waals surface area contributed by atoms with Crippen LogP contribution in [0.2, 0.25) is 0 Å². The second kappa shape index (κ2) is 6.15. The first kappa shape index (κ1) is 11.6. The van der Waals surface area contributed by atoms with Crippen molar-refractivity contribution >= 4 is 15.2 Å². The van der Waals surface area contributed by atoms with Crippen molar-refractivity contribution in [1.82, 2.24) is 0 Å². The molecule has 0 spiro atoms. The van der Waals surface area contributed by atoms with Crippen molar-refractivity contribution in [3.05, 3.63) is 11.8 Å². The molecule has 0 bridgehead atoms. The van der Waals surface area contributed by atoms with Crippen molar-refractivity contribution < 1.29 is 9.32 Å². The molecule has 0 saturated heterocycles. The summed E-state index contributed by atoms with van der Waals surface area (Å²) in [7, 11) is 2.21. The molecule has 2 atom stereocenters. The summed E-state index contributed by atoms with van der Waals surface area (Å²) in [6.07, 6.45) is 3.02. The molecule has 12 heavy (non-hydrogen) atoms. The molecule has 1 unspecified atom stereocenters. The fourth-order valence-electron chi connectivity index (χ4n) is 0.872. The molecule has 0 aromatic rings. The van der Waals surface area contributed by atoms with Gasteiger partial charge in [-0.2, -0.15) is 0 Å². The van der Waals surface area contributed by atoms with E-state index in [1.165, 1.54) is 13.0 Å². The van der Waals surface area contributed by atoms with Crippen LogP contribution in [-0.4, -0.2) is 11.9 Å². The highest BCUT2D eigenvalue weighted by molar-refractivity contribution is 7.09. The van der Waals surface area contributed by atoms with Crippen molar-refractivity contribution in [1.29, 1.82) is 0 Å². The number of hydrogen-bond donors (Lipinski definition) is 1. The van der Waals surface area contributed by atoms with Crippen molar-refractivity contribution in [2.45, 2.75) is 32.8 Å². The molecule has 0 amide bonds. The Bertz CT molecular complexity index is 176. The van der Waals surface area contributed by atoms with E-state index in [9.17, 15) is 4.79 Å².